The molecule has 86 valence electrons. The normalized spacial score (nSPS) is 17.9. The molecule has 1 rings (SSSR count). The molecule has 0 N–H and O–H groups in total. The number of rotatable bonds is 2. The van der Waals surface area contributed by atoms with E-state index in [9.17, 15) is 4.79 Å². The number of allylic oxidation sites excluding steroid dienone is 1. The Kier molecular flexibility index (Phi) is 5.44. The summed E-state index contributed by atoms with van der Waals surface area (Å²) in [5.74, 6) is -0.118. The monoisotopic (exact) mass is 210 g/mol. The average molecular weight is 210 g/mol. The third kappa shape index (κ3) is 4.06. The Balaban J connectivity index is 2.62. The summed E-state index contributed by atoms with van der Waals surface area (Å²) in [4.78, 5) is 11.6. The molecule has 1 fully saturated rings. The van der Waals surface area contributed by atoms with Crippen molar-refractivity contribution < 1.29 is 9.53 Å². The SMILES string of the molecule is CCOC(=O)C(C)=C1CCCCCCC1. The second-order valence-corrected chi connectivity index (χ2v) is 4.22. The molecule has 0 atom stereocenters. The van der Waals surface area contributed by atoms with E-state index in [0.717, 1.165) is 18.4 Å². The van der Waals surface area contributed by atoms with E-state index in [2.05, 4.69) is 0 Å². The highest BCUT2D eigenvalue weighted by atomic mass is 16.5. The third-order valence-corrected chi connectivity index (χ3v) is 3.07. The summed E-state index contributed by atoms with van der Waals surface area (Å²) in [6.45, 7) is 4.24. The summed E-state index contributed by atoms with van der Waals surface area (Å²) < 4.78 is 5.03. The van der Waals surface area contributed by atoms with Crippen LogP contribution in [0.2, 0.25) is 0 Å². The largest absolute Gasteiger partial charge is 0.463 e. The summed E-state index contributed by atoms with van der Waals surface area (Å²) in [6.07, 6.45) is 8.60. The first-order valence-electron chi connectivity index (χ1n) is 6.11. The summed E-state index contributed by atoms with van der Waals surface area (Å²) in [7, 11) is 0. The maximum absolute atomic E-state index is 11.6. The fourth-order valence-corrected chi connectivity index (χ4v) is 2.09. The Hall–Kier alpha value is -0.790. The Bertz CT molecular complexity index is 231. The highest BCUT2D eigenvalue weighted by molar-refractivity contribution is 5.88. The van der Waals surface area contributed by atoms with Crippen LogP contribution in [0, 0.1) is 0 Å². The molecule has 0 aromatic heterocycles. The fourth-order valence-electron chi connectivity index (χ4n) is 2.09. The number of hydrogen-bond acceptors (Lipinski definition) is 2. The van der Waals surface area contributed by atoms with Gasteiger partial charge in [0.2, 0.25) is 0 Å². The summed E-state index contributed by atoms with van der Waals surface area (Å²) in [6, 6.07) is 0. The van der Waals surface area contributed by atoms with Crippen LogP contribution in [-0.2, 0) is 9.53 Å². The maximum Gasteiger partial charge on any atom is 0.333 e. The van der Waals surface area contributed by atoms with Gasteiger partial charge in [-0.15, -0.1) is 0 Å². The van der Waals surface area contributed by atoms with Crippen LogP contribution in [0.15, 0.2) is 11.1 Å². The standard InChI is InChI=1S/C13H22O2/c1-3-15-13(14)11(2)12-9-7-5-4-6-8-10-12/h3-10H2,1-2H3. The first-order chi connectivity index (χ1) is 7.25. The van der Waals surface area contributed by atoms with E-state index in [0.29, 0.717) is 6.61 Å². The van der Waals surface area contributed by atoms with Crippen LogP contribution in [0.3, 0.4) is 0 Å². The first kappa shape index (κ1) is 12.3. The van der Waals surface area contributed by atoms with E-state index in [4.69, 9.17) is 4.74 Å². The highest BCUT2D eigenvalue weighted by Crippen LogP contribution is 2.24. The Morgan fingerprint density at radius 3 is 2.20 bits per heavy atom. The van der Waals surface area contributed by atoms with Crippen LogP contribution in [0.1, 0.15) is 58.8 Å². The fraction of sp³-hybridized carbons (Fsp3) is 0.769. The predicted molar refractivity (Wildman–Crippen MR) is 61.7 cm³/mol. The van der Waals surface area contributed by atoms with Crippen LogP contribution in [0.5, 0.6) is 0 Å². The van der Waals surface area contributed by atoms with Crippen LogP contribution in [-0.4, -0.2) is 12.6 Å². The number of hydrogen-bond donors (Lipinski definition) is 0. The van der Waals surface area contributed by atoms with Crippen molar-refractivity contribution in [1.82, 2.24) is 0 Å². The van der Waals surface area contributed by atoms with Gasteiger partial charge in [0.15, 0.2) is 0 Å². The molecule has 0 amide bonds. The smallest absolute Gasteiger partial charge is 0.333 e. The molecular formula is C13H22O2. The van der Waals surface area contributed by atoms with Gasteiger partial charge < -0.3 is 4.74 Å². The Morgan fingerprint density at radius 2 is 1.67 bits per heavy atom. The molecule has 0 saturated heterocycles. The molecule has 1 aliphatic rings. The van der Waals surface area contributed by atoms with Crippen molar-refractivity contribution >= 4 is 5.97 Å². The van der Waals surface area contributed by atoms with Gasteiger partial charge in [0, 0.05) is 5.57 Å². The second-order valence-electron chi connectivity index (χ2n) is 4.22. The van der Waals surface area contributed by atoms with Crippen molar-refractivity contribution in [3.63, 3.8) is 0 Å². The van der Waals surface area contributed by atoms with Crippen molar-refractivity contribution in [2.45, 2.75) is 58.8 Å². The van der Waals surface area contributed by atoms with Gasteiger partial charge in [0.05, 0.1) is 6.61 Å². The zero-order valence-electron chi connectivity index (χ0n) is 9.97. The number of carbonyl (C=O) groups excluding carboxylic acids is 1. The lowest BCUT2D eigenvalue weighted by atomic mass is 9.93. The zero-order chi connectivity index (χ0) is 11.1. The molecule has 0 radical (unpaired) electrons. The summed E-state index contributed by atoms with van der Waals surface area (Å²) in [5, 5.41) is 0. The predicted octanol–water partition coefficient (Wildman–Crippen LogP) is 3.61. The lowest BCUT2D eigenvalue weighted by Gasteiger charge is -2.14. The van der Waals surface area contributed by atoms with Crippen molar-refractivity contribution in [2.24, 2.45) is 0 Å². The van der Waals surface area contributed by atoms with E-state index in [1.165, 1.54) is 37.7 Å². The van der Waals surface area contributed by atoms with E-state index in [1.807, 2.05) is 13.8 Å². The van der Waals surface area contributed by atoms with Gasteiger partial charge in [-0.3, -0.25) is 0 Å². The molecule has 0 aliphatic heterocycles. The summed E-state index contributed by atoms with van der Waals surface area (Å²) in [5.41, 5.74) is 2.19. The molecule has 1 saturated carbocycles. The quantitative estimate of drug-likeness (QED) is 0.514. The van der Waals surface area contributed by atoms with Gasteiger partial charge >= 0.3 is 5.97 Å². The minimum atomic E-state index is -0.118. The number of ether oxygens (including phenoxy) is 1. The molecule has 0 bridgehead atoms. The molecule has 0 unspecified atom stereocenters. The third-order valence-electron chi connectivity index (χ3n) is 3.07. The minimum absolute atomic E-state index is 0.118. The van der Waals surface area contributed by atoms with Gasteiger partial charge in [-0.1, -0.05) is 24.8 Å². The molecule has 2 nitrogen and oxygen atoms in total. The Morgan fingerprint density at radius 1 is 1.13 bits per heavy atom. The van der Waals surface area contributed by atoms with Crippen molar-refractivity contribution in [3.8, 4) is 0 Å². The molecule has 2 heteroatoms. The Labute approximate surface area is 92.7 Å². The van der Waals surface area contributed by atoms with E-state index >= 15 is 0 Å². The molecule has 0 spiro atoms. The molecular weight excluding hydrogens is 188 g/mol. The zero-order valence-corrected chi connectivity index (χ0v) is 9.97. The topological polar surface area (TPSA) is 26.3 Å². The van der Waals surface area contributed by atoms with E-state index in [1.54, 1.807) is 0 Å². The van der Waals surface area contributed by atoms with Crippen LogP contribution in [0.4, 0.5) is 0 Å². The van der Waals surface area contributed by atoms with Gasteiger partial charge in [-0.2, -0.15) is 0 Å². The lowest BCUT2D eigenvalue weighted by molar-refractivity contribution is -0.138. The van der Waals surface area contributed by atoms with Gasteiger partial charge in [-0.05, 0) is 39.5 Å². The maximum atomic E-state index is 11.6. The molecule has 0 heterocycles. The first-order valence-corrected chi connectivity index (χ1v) is 6.11. The van der Waals surface area contributed by atoms with Gasteiger partial charge in [0.25, 0.3) is 0 Å². The average Bonchev–Trinajstić information content (AvgIpc) is 2.16. The van der Waals surface area contributed by atoms with Crippen molar-refractivity contribution in [1.29, 1.82) is 0 Å². The molecule has 0 aromatic rings. The van der Waals surface area contributed by atoms with E-state index < -0.39 is 0 Å². The van der Waals surface area contributed by atoms with Crippen LogP contribution >= 0.6 is 0 Å². The van der Waals surface area contributed by atoms with Crippen LogP contribution in [0.25, 0.3) is 0 Å². The lowest BCUT2D eigenvalue weighted by Crippen LogP contribution is -2.08. The van der Waals surface area contributed by atoms with E-state index in [-0.39, 0.29) is 5.97 Å². The minimum Gasteiger partial charge on any atom is -0.463 e. The van der Waals surface area contributed by atoms with Crippen molar-refractivity contribution in [3.05, 3.63) is 11.1 Å². The van der Waals surface area contributed by atoms with Gasteiger partial charge in [0.1, 0.15) is 0 Å². The second kappa shape index (κ2) is 6.65. The molecule has 1 aliphatic carbocycles. The highest BCUT2D eigenvalue weighted by Gasteiger charge is 2.12. The van der Waals surface area contributed by atoms with Crippen LogP contribution < -0.4 is 0 Å². The molecule has 0 aromatic carbocycles. The number of carbonyl (C=O) groups is 1. The van der Waals surface area contributed by atoms with Gasteiger partial charge in [-0.25, -0.2) is 4.79 Å². The summed E-state index contributed by atoms with van der Waals surface area (Å²) >= 11 is 0. The van der Waals surface area contributed by atoms with Crippen molar-refractivity contribution in [2.75, 3.05) is 6.61 Å². The number of esters is 1. The molecule has 15 heavy (non-hydrogen) atoms.